The zero-order chi connectivity index (χ0) is 18.1. The van der Waals surface area contributed by atoms with Crippen LogP contribution in [0.2, 0.25) is 0 Å². The van der Waals surface area contributed by atoms with E-state index in [0.717, 1.165) is 12.5 Å². The molecule has 0 spiro atoms. The second-order valence-electron chi connectivity index (χ2n) is 7.92. The van der Waals surface area contributed by atoms with Crippen LogP contribution in [0.5, 0.6) is 0 Å². The Morgan fingerprint density at radius 2 is 1.73 bits per heavy atom. The number of nitrogens with one attached hydrogen (secondary N) is 2. The molecule has 0 aromatic heterocycles. The molecule has 1 unspecified atom stereocenters. The number of rotatable bonds is 7. The maximum atomic E-state index is 4.43. The zero-order valence-corrected chi connectivity index (χ0v) is 19.7. The predicted octanol–water partition coefficient (Wildman–Crippen LogP) is 1.53. The Morgan fingerprint density at radius 1 is 1.08 bits per heavy atom. The fraction of sp³-hybridized carbons (Fsp3) is 0.947. The Bertz CT molecular complexity index is 389. The van der Waals surface area contributed by atoms with Crippen LogP contribution in [0.4, 0.5) is 0 Å². The van der Waals surface area contributed by atoms with Gasteiger partial charge in [-0.1, -0.05) is 13.8 Å². The summed E-state index contributed by atoms with van der Waals surface area (Å²) in [6, 6.07) is 0.562. The lowest BCUT2D eigenvalue weighted by atomic mass is 10.1. The fourth-order valence-corrected chi connectivity index (χ4v) is 3.81. The zero-order valence-electron chi connectivity index (χ0n) is 17.3. The van der Waals surface area contributed by atoms with Gasteiger partial charge in [0, 0.05) is 65.4 Å². The second kappa shape index (κ2) is 13.1. The van der Waals surface area contributed by atoms with Crippen molar-refractivity contribution in [1.29, 1.82) is 0 Å². The monoisotopic (exact) mass is 480 g/mol. The SMILES string of the molecule is CCCN1CCC(NC(=NC)NCC(C)CN2CCN(C)CC2)CC1.I. The molecule has 2 saturated heterocycles. The topological polar surface area (TPSA) is 46.1 Å². The van der Waals surface area contributed by atoms with Crippen LogP contribution in [-0.4, -0.2) is 99.7 Å². The first-order valence-corrected chi connectivity index (χ1v) is 10.2. The summed E-state index contributed by atoms with van der Waals surface area (Å²) in [5, 5.41) is 7.16. The molecule has 2 aliphatic heterocycles. The summed E-state index contributed by atoms with van der Waals surface area (Å²) in [6.07, 6.45) is 3.70. The van der Waals surface area contributed by atoms with Crippen molar-refractivity contribution in [3.05, 3.63) is 0 Å². The molecule has 0 saturated carbocycles. The average molecular weight is 480 g/mol. The molecule has 7 heteroatoms. The van der Waals surface area contributed by atoms with Gasteiger partial charge in [0.15, 0.2) is 5.96 Å². The number of likely N-dealkylation sites (tertiary alicyclic amines) is 1. The second-order valence-corrected chi connectivity index (χ2v) is 7.92. The molecule has 0 aromatic rings. The summed E-state index contributed by atoms with van der Waals surface area (Å²) in [5.41, 5.74) is 0. The smallest absolute Gasteiger partial charge is 0.191 e. The molecule has 2 heterocycles. The Balaban J connectivity index is 0.00000338. The van der Waals surface area contributed by atoms with E-state index >= 15 is 0 Å². The van der Waals surface area contributed by atoms with Gasteiger partial charge in [-0.2, -0.15) is 0 Å². The molecule has 0 radical (unpaired) electrons. The molecule has 26 heavy (non-hydrogen) atoms. The molecule has 2 rings (SSSR count). The van der Waals surface area contributed by atoms with Gasteiger partial charge in [-0.25, -0.2) is 0 Å². The van der Waals surface area contributed by atoms with Gasteiger partial charge in [0.2, 0.25) is 0 Å². The van der Waals surface area contributed by atoms with Crippen LogP contribution in [0, 0.1) is 5.92 Å². The van der Waals surface area contributed by atoms with Gasteiger partial charge >= 0.3 is 0 Å². The number of nitrogens with zero attached hydrogens (tertiary/aromatic N) is 4. The highest BCUT2D eigenvalue weighted by Crippen LogP contribution is 2.10. The minimum atomic E-state index is 0. The van der Waals surface area contributed by atoms with Gasteiger partial charge < -0.3 is 25.3 Å². The van der Waals surface area contributed by atoms with Crippen LogP contribution < -0.4 is 10.6 Å². The Morgan fingerprint density at radius 3 is 2.31 bits per heavy atom. The summed E-state index contributed by atoms with van der Waals surface area (Å²) in [5.74, 6) is 1.60. The van der Waals surface area contributed by atoms with Crippen molar-refractivity contribution in [2.24, 2.45) is 10.9 Å². The maximum absolute atomic E-state index is 4.43. The van der Waals surface area contributed by atoms with E-state index in [4.69, 9.17) is 0 Å². The van der Waals surface area contributed by atoms with Gasteiger partial charge in [0.05, 0.1) is 0 Å². The highest BCUT2D eigenvalue weighted by atomic mass is 127. The third-order valence-corrected chi connectivity index (χ3v) is 5.48. The fourth-order valence-electron chi connectivity index (χ4n) is 3.81. The number of aliphatic imine (C=N–C) groups is 1. The molecule has 0 amide bonds. The maximum Gasteiger partial charge on any atom is 0.191 e. The molecule has 2 N–H and O–H groups in total. The number of halogens is 1. The van der Waals surface area contributed by atoms with Crippen LogP contribution in [0.3, 0.4) is 0 Å². The Hall–Kier alpha value is -0.120. The van der Waals surface area contributed by atoms with Crippen molar-refractivity contribution in [3.63, 3.8) is 0 Å². The minimum Gasteiger partial charge on any atom is -0.356 e. The van der Waals surface area contributed by atoms with Crippen LogP contribution >= 0.6 is 24.0 Å². The highest BCUT2D eigenvalue weighted by Gasteiger charge is 2.20. The summed E-state index contributed by atoms with van der Waals surface area (Å²) in [6.45, 7) is 15.2. The Kier molecular flexibility index (Phi) is 12.1. The van der Waals surface area contributed by atoms with Crippen LogP contribution in [0.15, 0.2) is 4.99 Å². The molecule has 0 bridgehead atoms. The van der Waals surface area contributed by atoms with E-state index in [1.807, 2.05) is 7.05 Å². The predicted molar refractivity (Wildman–Crippen MR) is 123 cm³/mol. The molecule has 2 fully saturated rings. The van der Waals surface area contributed by atoms with Crippen molar-refractivity contribution in [1.82, 2.24) is 25.3 Å². The number of piperidine rings is 1. The number of hydrogen-bond donors (Lipinski definition) is 2. The normalized spacial score (nSPS) is 22.7. The quantitative estimate of drug-likeness (QED) is 0.329. The average Bonchev–Trinajstić information content (AvgIpc) is 2.62. The number of hydrogen-bond acceptors (Lipinski definition) is 4. The lowest BCUT2D eigenvalue weighted by Crippen LogP contribution is -2.50. The van der Waals surface area contributed by atoms with E-state index in [-0.39, 0.29) is 24.0 Å². The third-order valence-electron chi connectivity index (χ3n) is 5.48. The van der Waals surface area contributed by atoms with Crippen molar-refractivity contribution in [3.8, 4) is 0 Å². The van der Waals surface area contributed by atoms with E-state index in [9.17, 15) is 0 Å². The van der Waals surface area contributed by atoms with Crippen molar-refractivity contribution < 1.29 is 0 Å². The molecular weight excluding hydrogens is 439 g/mol. The molecule has 6 nitrogen and oxygen atoms in total. The van der Waals surface area contributed by atoms with E-state index in [0.29, 0.717) is 12.0 Å². The molecule has 0 aliphatic carbocycles. The van der Waals surface area contributed by atoms with Crippen LogP contribution in [-0.2, 0) is 0 Å². The molecule has 0 aromatic carbocycles. The van der Waals surface area contributed by atoms with Crippen LogP contribution in [0.1, 0.15) is 33.1 Å². The van der Waals surface area contributed by atoms with Gasteiger partial charge in [0.25, 0.3) is 0 Å². The number of piperazine rings is 1. The lowest BCUT2D eigenvalue weighted by Gasteiger charge is -2.34. The summed E-state index contributed by atoms with van der Waals surface area (Å²) in [7, 11) is 4.09. The van der Waals surface area contributed by atoms with E-state index < -0.39 is 0 Å². The minimum absolute atomic E-state index is 0. The Labute approximate surface area is 178 Å². The largest absolute Gasteiger partial charge is 0.356 e. The van der Waals surface area contributed by atoms with Crippen molar-refractivity contribution in [2.75, 3.05) is 73.0 Å². The van der Waals surface area contributed by atoms with Gasteiger partial charge in [0.1, 0.15) is 0 Å². The third kappa shape index (κ3) is 8.71. The lowest BCUT2D eigenvalue weighted by molar-refractivity contribution is 0.139. The number of likely N-dealkylation sites (N-methyl/N-ethyl adjacent to an activating group) is 1. The first-order chi connectivity index (χ1) is 12.1. The summed E-state index contributed by atoms with van der Waals surface area (Å²) < 4.78 is 0. The summed E-state index contributed by atoms with van der Waals surface area (Å²) in [4.78, 5) is 12.0. The molecule has 2 aliphatic rings. The van der Waals surface area contributed by atoms with Crippen molar-refractivity contribution in [2.45, 2.75) is 39.2 Å². The molecular formula is C19H41IN6. The van der Waals surface area contributed by atoms with Gasteiger partial charge in [-0.05, 0) is 38.8 Å². The number of guanidine groups is 1. The molecule has 1 atom stereocenters. The van der Waals surface area contributed by atoms with E-state index in [2.05, 4.69) is 51.2 Å². The van der Waals surface area contributed by atoms with Gasteiger partial charge in [-0.15, -0.1) is 24.0 Å². The molecule has 154 valence electrons. The summed E-state index contributed by atoms with van der Waals surface area (Å²) >= 11 is 0. The first kappa shape index (κ1) is 23.9. The first-order valence-electron chi connectivity index (χ1n) is 10.2. The standard InChI is InChI=1S/C19H40N6.HI/c1-5-8-24-9-6-18(7-10-24)22-19(20-3)21-15-17(2)16-25-13-11-23(4)12-14-25;/h17-18H,5-16H2,1-4H3,(H2,20,21,22);1H. The van der Waals surface area contributed by atoms with Crippen LogP contribution in [0.25, 0.3) is 0 Å². The van der Waals surface area contributed by atoms with E-state index in [1.165, 1.54) is 71.6 Å². The highest BCUT2D eigenvalue weighted by molar-refractivity contribution is 14.0. The van der Waals surface area contributed by atoms with Crippen molar-refractivity contribution >= 4 is 29.9 Å². The van der Waals surface area contributed by atoms with E-state index in [1.54, 1.807) is 0 Å². The van der Waals surface area contributed by atoms with Gasteiger partial charge in [-0.3, -0.25) is 4.99 Å².